The van der Waals surface area contributed by atoms with E-state index in [1.165, 1.54) is 6.07 Å². The maximum absolute atomic E-state index is 13.7. The van der Waals surface area contributed by atoms with Crippen molar-refractivity contribution in [1.82, 2.24) is 5.01 Å². The predicted octanol–water partition coefficient (Wildman–Crippen LogP) is 4.16. The number of carbonyl (C=O) groups excluding carboxylic acids is 1. The van der Waals surface area contributed by atoms with Gasteiger partial charge in [0.25, 0.3) is 0 Å². The Morgan fingerprint density at radius 2 is 1.81 bits per heavy atom. The van der Waals surface area contributed by atoms with Crippen molar-refractivity contribution in [2.75, 3.05) is 0 Å². The molecule has 2 aromatic rings. The maximum Gasteiger partial charge on any atom is 0.303 e. The SMILES string of the molecule is O=C(O)CCC(=O)N1N=C(c2ccc(Cl)cc2)CC1c1ccc(F)c(F)c1. The quantitative estimate of drug-likeness (QED) is 0.830. The molecule has 0 saturated heterocycles. The summed E-state index contributed by atoms with van der Waals surface area (Å²) in [6.45, 7) is 0. The normalized spacial score (nSPS) is 16.3. The number of benzene rings is 2. The van der Waals surface area contributed by atoms with Gasteiger partial charge in [-0.2, -0.15) is 5.10 Å². The van der Waals surface area contributed by atoms with Crippen LogP contribution in [-0.4, -0.2) is 27.7 Å². The Hall–Kier alpha value is -2.80. The summed E-state index contributed by atoms with van der Waals surface area (Å²) in [7, 11) is 0. The van der Waals surface area contributed by atoms with Gasteiger partial charge in [-0.1, -0.05) is 29.8 Å². The second-order valence-corrected chi connectivity index (χ2v) is 6.52. The molecular weight excluding hydrogens is 378 g/mol. The molecule has 0 spiro atoms. The van der Waals surface area contributed by atoms with Crippen LogP contribution >= 0.6 is 11.6 Å². The van der Waals surface area contributed by atoms with Gasteiger partial charge in [0.1, 0.15) is 0 Å². The molecule has 1 aliphatic heterocycles. The molecule has 5 nitrogen and oxygen atoms in total. The van der Waals surface area contributed by atoms with Gasteiger partial charge in [0.2, 0.25) is 5.91 Å². The minimum atomic E-state index is -1.10. The Kier molecular flexibility index (Phi) is 5.51. The third-order valence-electron chi connectivity index (χ3n) is 4.22. The first-order chi connectivity index (χ1) is 12.8. The number of carboxylic acid groups (broad SMARTS) is 1. The van der Waals surface area contributed by atoms with Crippen molar-refractivity contribution in [3.8, 4) is 0 Å². The van der Waals surface area contributed by atoms with Crippen LogP contribution in [-0.2, 0) is 9.59 Å². The van der Waals surface area contributed by atoms with Gasteiger partial charge in [-0.25, -0.2) is 13.8 Å². The monoisotopic (exact) mass is 392 g/mol. The topological polar surface area (TPSA) is 70.0 Å². The molecule has 0 radical (unpaired) electrons. The highest BCUT2D eigenvalue weighted by molar-refractivity contribution is 6.30. The van der Waals surface area contributed by atoms with Gasteiger partial charge in [0.15, 0.2) is 11.6 Å². The summed E-state index contributed by atoms with van der Waals surface area (Å²) in [6, 6.07) is 9.61. The maximum atomic E-state index is 13.7. The Morgan fingerprint density at radius 1 is 1.11 bits per heavy atom. The molecule has 3 rings (SSSR count). The van der Waals surface area contributed by atoms with Crippen LogP contribution in [0, 0.1) is 11.6 Å². The van der Waals surface area contributed by atoms with Gasteiger partial charge >= 0.3 is 5.97 Å². The first-order valence-corrected chi connectivity index (χ1v) is 8.55. The zero-order chi connectivity index (χ0) is 19.6. The summed E-state index contributed by atoms with van der Waals surface area (Å²) < 4.78 is 26.9. The second-order valence-electron chi connectivity index (χ2n) is 6.08. The van der Waals surface area contributed by atoms with Crippen LogP contribution in [0.1, 0.15) is 36.4 Å². The van der Waals surface area contributed by atoms with Gasteiger partial charge in [-0.3, -0.25) is 9.59 Å². The molecule has 1 unspecified atom stereocenters. The lowest BCUT2D eigenvalue weighted by Crippen LogP contribution is -2.27. The van der Waals surface area contributed by atoms with E-state index < -0.39 is 29.6 Å². The van der Waals surface area contributed by atoms with Crippen LogP contribution < -0.4 is 0 Å². The number of amides is 1. The molecule has 1 amide bonds. The zero-order valence-electron chi connectivity index (χ0n) is 14.0. The number of hydrogen-bond acceptors (Lipinski definition) is 3. The van der Waals surface area contributed by atoms with Crippen LogP contribution in [0.15, 0.2) is 47.6 Å². The predicted molar refractivity (Wildman–Crippen MR) is 95.4 cm³/mol. The van der Waals surface area contributed by atoms with E-state index in [0.29, 0.717) is 16.3 Å². The number of hydrogen-bond donors (Lipinski definition) is 1. The Balaban J connectivity index is 1.93. The molecule has 0 fully saturated rings. The Bertz CT molecular complexity index is 916. The molecule has 2 aromatic carbocycles. The number of carbonyl (C=O) groups is 2. The fraction of sp³-hybridized carbons (Fsp3) is 0.211. The molecule has 1 aliphatic rings. The highest BCUT2D eigenvalue weighted by Crippen LogP contribution is 2.34. The largest absolute Gasteiger partial charge is 0.481 e. The molecule has 140 valence electrons. The minimum absolute atomic E-state index is 0.243. The average molecular weight is 393 g/mol. The van der Waals surface area contributed by atoms with Crippen molar-refractivity contribution in [2.45, 2.75) is 25.3 Å². The Labute approximate surface area is 158 Å². The third-order valence-corrected chi connectivity index (χ3v) is 4.48. The first kappa shape index (κ1) is 19.0. The van der Waals surface area contributed by atoms with E-state index in [0.717, 1.165) is 22.7 Å². The van der Waals surface area contributed by atoms with Crippen molar-refractivity contribution in [3.05, 3.63) is 70.2 Å². The fourth-order valence-corrected chi connectivity index (χ4v) is 2.99. The van der Waals surface area contributed by atoms with Crippen molar-refractivity contribution in [3.63, 3.8) is 0 Å². The van der Waals surface area contributed by atoms with Crippen LogP contribution in [0.2, 0.25) is 5.02 Å². The van der Waals surface area contributed by atoms with Crippen LogP contribution in [0.3, 0.4) is 0 Å². The summed E-state index contributed by atoms with van der Waals surface area (Å²) in [5, 5.41) is 14.8. The van der Waals surface area contributed by atoms with Crippen LogP contribution in [0.5, 0.6) is 0 Å². The van der Waals surface area contributed by atoms with E-state index in [-0.39, 0.29) is 19.3 Å². The number of halogens is 3. The van der Waals surface area contributed by atoms with E-state index in [1.807, 2.05) is 0 Å². The van der Waals surface area contributed by atoms with Crippen molar-refractivity contribution >= 4 is 29.2 Å². The molecule has 1 N–H and O–H groups in total. The molecule has 27 heavy (non-hydrogen) atoms. The average Bonchev–Trinajstić information content (AvgIpc) is 3.08. The van der Waals surface area contributed by atoms with E-state index in [9.17, 15) is 18.4 Å². The minimum Gasteiger partial charge on any atom is -0.481 e. The van der Waals surface area contributed by atoms with Gasteiger partial charge in [-0.15, -0.1) is 0 Å². The van der Waals surface area contributed by atoms with Gasteiger partial charge in [0.05, 0.1) is 18.2 Å². The molecule has 1 heterocycles. The first-order valence-electron chi connectivity index (χ1n) is 8.17. The smallest absolute Gasteiger partial charge is 0.303 e. The lowest BCUT2D eigenvalue weighted by atomic mass is 9.98. The summed E-state index contributed by atoms with van der Waals surface area (Å²) in [5.74, 6) is -3.62. The third kappa shape index (κ3) is 4.31. The lowest BCUT2D eigenvalue weighted by Gasteiger charge is -2.22. The second kappa shape index (κ2) is 7.84. The van der Waals surface area contributed by atoms with Gasteiger partial charge < -0.3 is 5.11 Å². The highest BCUT2D eigenvalue weighted by Gasteiger charge is 2.33. The molecule has 0 aromatic heterocycles. The van der Waals surface area contributed by atoms with Crippen molar-refractivity contribution in [1.29, 1.82) is 0 Å². The van der Waals surface area contributed by atoms with E-state index in [2.05, 4.69) is 5.10 Å². The molecule has 0 saturated carbocycles. The van der Waals surface area contributed by atoms with Gasteiger partial charge in [0, 0.05) is 17.9 Å². The molecule has 1 atom stereocenters. The van der Waals surface area contributed by atoms with E-state index in [4.69, 9.17) is 16.7 Å². The van der Waals surface area contributed by atoms with E-state index >= 15 is 0 Å². The summed E-state index contributed by atoms with van der Waals surface area (Å²) in [4.78, 5) is 23.2. The summed E-state index contributed by atoms with van der Waals surface area (Å²) in [5.41, 5.74) is 1.69. The number of nitrogens with zero attached hydrogens (tertiary/aromatic N) is 2. The number of aliphatic carboxylic acids is 1. The number of rotatable bonds is 5. The Morgan fingerprint density at radius 3 is 2.44 bits per heavy atom. The standard InChI is InChI=1S/C19H15ClF2N2O3/c20-13-4-1-11(2-5-13)16-10-17(12-3-6-14(21)15(22)9-12)24(23-16)18(25)7-8-19(26)27/h1-6,9,17H,7-8,10H2,(H,26,27). The highest BCUT2D eigenvalue weighted by atomic mass is 35.5. The zero-order valence-corrected chi connectivity index (χ0v) is 14.8. The van der Waals surface area contributed by atoms with Crippen LogP contribution in [0.25, 0.3) is 0 Å². The number of hydrazone groups is 1. The fourth-order valence-electron chi connectivity index (χ4n) is 2.86. The summed E-state index contributed by atoms with van der Waals surface area (Å²) >= 11 is 5.89. The van der Waals surface area contributed by atoms with Crippen LogP contribution in [0.4, 0.5) is 8.78 Å². The number of carboxylic acids is 1. The summed E-state index contributed by atoms with van der Waals surface area (Å²) in [6.07, 6.45) is -0.302. The molecule has 0 bridgehead atoms. The van der Waals surface area contributed by atoms with E-state index in [1.54, 1.807) is 24.3 Å². The lowest BCUT2D eigenvalue weighted by molar-refractivity contribution is -0.141. The van der Waals surface area contributed by atoms with Gasteiger partial charge in [-0.05, 0) is 35.4 Å². The van der Waals surface area contributed by atoms with Crippen molar-refractivity contribution < 1.29 is 23.5 Å². The molecule has 8 heteroatoms. The molecular formula is C19H15ClF2N2O3. The molecule has 0 aliphatic carbocycles. The van der Waals surface area contributed by atoms with Crippen molar-refractivity contribution in [2.24, 2.45) is 5.10 Å².